The van der Waals surface area contributed by atoms with E-state index in [4.69, 9.17) is 21.7 Å². The number of ether oxygens (including phenoxy) is 2. The molecule has 2 heterocycles. The third-order valence-corrected chi connectivity index (χ3v) is 4.68. The van der Waals surface area contributed by atoms with Crippen molar-refractivity contribution in [2.75, 3.05) is 7.11 Å². The molecule has 2 aromatic rings. The first-order chi connectivity index (χ1) is 12.5. The van der Waals surface area contributed by atoms with Crippen molar-refractivity contribution >= 4 is 23.2 Å². The van der Waals surface area contributed by atoms with Crippen LogP contribution >= 0.6 is 12.2 Å². The van der Waals surface area contributed by atoms with Gasteiger partial charge >= 0.3 is 0 Å². The largest absolute Gasteiger partial charge is 0.493 e. The van der Waals surface area contributed by atoms with E-state index in [1.54, 1.807) is 31.3 Å². The number of amides is 1. The first kappa shape index (κ1) is 18.1. The Bertz CT molecular complexity index is 813. The second-order valence-electron chi connectivity index (χ2n) is 6.11. The van der Waals surface area contributed by atoms with Gasteiger partial charge in [0.25, 0.3) is 5.91 Å². The summed E-state index contributed by atoms with van der Waals surface area (Å²) >= 11 is 5.29. The Kier molecular flexibility index (Phi) is 5.37. The number of benzene rings is 1. The molecular weight excluding hydrogens is 350 g/mol. The van der Waals surface area contributed by atoms with Crippen LogP contribution < -0.4 is 14.8 Å². The average Bonchev–Trinajstić information content (AvgIpc) is 2.92. The molecule has 1 aliphatic rings. The minimum Gasteiger partial charge on any atom is -0.493 e. The first-order valence-electron chi connectivity index (χ1n) is 8.34. The molecule has 1 aromatic carbocycles. The van der Waals surface area contributed by atoms with E-state index in [1.165, 1.54) is 0 Å². The van der Waals surface area contributed by atoms with Crippen LogP contribution in [0.3, 0.4) is 0 Å². The number of carbonyl (C=O) groups is 1. The Hall–Kier alpha value is -2.67. The van der Waals surface area contributed by atoms with Crippen molar-refractivity contribution in [1.82, 2.24) is 15.2 Å². The van der Waals surface area contributed by atoms with Crippen molar-refractivity contribution in [3.8, 4) is 11.5 Å². The van der Waals surface area contributed by atoms with Crippen LogP contribution in [0.5, 0.6) is 11.5 Å². The van der Waals surface area contributed by atoms with Gasteiger partial charge in [-0.25, -0.2) is 0 Å². The van der Waals surface area contributed by atoms with Gasteiger partial charge in [0, 0.05) is 12.4 Å². The van der Waals surface area contributed by atoms with Crippen LogP contribution in [0.2, 0.25) is 0 Å². The molecule has 1 aliphatic heterocycles. The topological polar surface area (TPSA) is 63.7 Å². The van der Waals surface area contributed by atoms with E-state index < -0.39 is 0 Å². The van der Waals surface area contributed by atoms with E-state index in [2.05, 4.69) is 10.3 Å². The summed E-state index contributed by atoms with van der Waals surface area (Å²) in [5, 5.41) is 3.44. The Balaban J connectivity index is 1.78. The summed E-state index contributed by atoms with van der Waals surface area (Å²) in [5.41, 5.74) is 1.94. The molecular formula is C19H21N3O3S. The van der Waals surface area contributed by atoms with Crippen molar-refractivity contribution < 1.29 is 14.3 Å². The normalized spacial score (nSPS) is 17.8. The van der Waals surface area contributed by atoms with Gasteiger partial charge in [-0.05, 0) is 61.5 Å². The number of carbonyl (C=O) groups excluding carboxylic acids is 1. The van der Waals surface area contributed by atoms with Crippen LogP contribution in [0.1, 0.15) is 31.0 Å². The summed E-state index contributed by atoms with van der Waals surface area (Å²) in [6, 6.07) is 8.96. The molecule has 0 radical (unpaired) electrons. The van der Waals surface area contributed by atoms with Gasteiger partial charge in [0.1, 0.15) is 12.6 Å². The van der Waals surface area contributed by atoms with Crippen molar-refractivity contribution in [2.24, 2.45) is 0 Å². The van der Waals surface area contributed by atoms with Gasteiger partial charge in [0.2, 0.25) is 0 Å². The number of hydrogen-bond donors (Lipinski definition) is 1. The molecule has 0 aliphatic carbocycles. The number of pyridine rings is 1. The van der Waals surface area contributed by atoms with E-state index in [0.29, 0.717) is 23.2 Å². The number of thiocarbonyl (C=S) groups is 1. The van der Waals surface area contributed by atoms with E-state index >= 15 is 0 Å². The van der Waals surface area contributed by atoms with Crippen molar-refractivity contribution in [3.63, 3.8) is 0 Å². The van der Waals surface area contributed by atoms with Gasteiger partial charge < -0.3 is 14.8 Å². The molecule has 0 unspecified atom stereocenters. The number of rotatable bonds is 6. The van der Waals surface area contributed by atoms with E-state index in [0.717, 1.165) is 11.1 Å². The molecule has 1 aromatic heterocycles. The summed E-state index contributed by atoms with van der Waals surface area (Å²) in [6.07, 6.45) is 3.46. The Morgan fingerprint density at radius 1 is 1.27 bits per heavy atom. The lowest BCUT2D eigenvalue weighted by Gasteiger charge is -2.24. The number of methoxy groups -OCH3 is 1. The molecule has 136 valence electrons. The predicted molar refractivity (Wildman–Crippen MR) is 102 cm³/mol. The molecule has 0 saturated carbocycles. The fraction of sp³-hybridized carbons (Fsp3) is 0.316. The monoisotopic (exact) mass is 371 g/mol. The molecule has 7 heteroatoms. The summed E-state index contributed by atoms with van der Waals surface area (Å²) in [4.78, 5) is 17.9. The fourth-order valence-corrected chi connectivity index (χ4v) is 3.27. The van der Waals surface area contributed by atoms with Gasteiger partial charge in [0.05, 0.1) is 13.2 Å². The first-order valence-corrected chi connectivity index (χ1v) is 8.75. The zero-order chi connectivity index (χ0) is 18.7. The van der Waals surface area contributed by atoms with Crippen LogP contribution in [0.25, 0.3) is 0 Å². The molecule has 0 spiro atoms. The lowest BCUT2D eigenvalue weighted by molar-refractivity contribution is -0.128. The molecule has 0 bridgehead atoms. The van der Waals surface area contributed by atoms with Crippen LogP contribution in [0, 0.1) is 0 Å². The fourth-order valence-electron chi connectivity index (χ4n) is 2.84. The molecule has 26 heavy (non-hydrogen) atoms. The second-order valence-corrected chi connectivity index (χ2v) is 6.50. The zero-order valence-electron chi connectivity index (χ0n) is 14.9. The second kappa shape index (κ2) is 7.70. The van der Waals surface area contributed by atoms with Gasteiger partial charge in [-0.3, -0.25) is 14.7 Å². The zero-order valence-corrected chi connectivity index (χ0v) is 15.7. The summed E-state index contributed by atoms with van der Waals surface area (Å²) in [6.45, 7) is 4.16. The minimum atomic E-state index is -0.296. The Morgan fingerprint density at radius 2 is 2.00 bits per heavy atom. The van der Waals surface area contributed by atoms with Crippen molar-refractivity contribution in [3.05, 3.63) is 53.9 Å². The summed E-state index contributed by atoms with van der Waals surface area (Å²) < 4.78 is 11.3. The highest BCUT2D eigenvalue weighted by molar-refractivity contribution is 7.80. The molecule has 1 amide bonds. The van der Waals surface area contributed by atoms with Crippen LogP contribution in [-0.4, -0.2) is 34.1 Å². The Morgan fingerprint density at radius 3 is 2.62 bits per heavy atom. The summed E-state index contributed by atoms with van der Waals surface area (Å²) in [5.74, 6) is 1.23. The molecule has 1 saturated heterocycles. The standard InChI is InChI=1S/C19H21N3O3S/c1-12-18(23)22(19(26)21-12)13(2)15-4-5-16(17(10-15)24-3)25-11-14-6-8-20-9-7-14/h4-10,12-13H,11H2,1-3H3,(H,21,26)/t12-,13-/m0/s1. The van der Waals surface area contributed by atoms with Crippen molar-refractivity contribution in [2.45, 2.75) is 32.5 Å². The quantitative estimate of drug-likeness (QED) is 0.788. The van der Waals surface area contributed by atoms with Gasteiger partial charge in [-0.15, -0.1) is 0 Å². The number of hydrogen-bond acceptors (Lipinski definition) is 5. The van der Waals surface area contributed by atoms with Crippen LogP contribution in [-0.2, 0) is 11.4 Å². The predicted octanol–water partition coefficient (Wildman–Crippen LogP) is 2.84. The van der Waals surface area contributed by atoms with Crippen molar-refractivity contribution in [1.29, 1.82) is 0 Å². The average molecular weight is 371 g/mol. The van der Waals surface area contributed by atoms with E-state index in [-0.39, 0.29) is 18.0 Å². The molecule has 2 atom stereocenters. The molecule has 1 fully saturated rings. The van der Waals surface area contributed by atoms with Gasteiger partial charge in [-0.1, -0.05) is 6.07 Å². The smallest absolute Gasteiger partial charge is 0.251 e. The minimum absolute atomic E-state index is 0.0283. The molecule has 1 N–H and O–H groups in total. The number of nitrogens with zero attached hydrogens (tertiary/aromatic N) is 2. The number of aromatic nitrogens is 1. The lowest BCUT2D eigenvalue weighted by Crippen LogP contribution is -2.33. The van der Waals surface area contributed by atoms with Gasteiger partial charge in [-0.2, -0.15) is 0 Å². The highest BCUT2D eigenvalue weighted by Gasteiger charge is 2.36. The van der Waals surface area contributed by atoms with Crippen LogP contribution in [0.4, 0.5) is 0 Å². The molecule has 6 nitrogen and oxygen atoms in total. The Labute approximate surface area is 158 Å². The van der Waals surface area contributed by atoms with E-state index in [9.17, 15) is 4.79 Å². The number of nitrogens with one attached hydrogen (secondary N) is 1. The third kappa shape index (κ3) is 3.62. The maximum absolute atomic E-state index is 12.3. The van der Waals surface area contributed by atoms with Crippen LogP contribution in [0.15, 0.2) is 42.7 Å². The highest BCUT2D eigenvalue weighted by Crippen LogP contribution is 2.33. The SMILES string of the molecule is COc1cc([C@H](C)N2C(=O)[C@H](C)NC2=S)ccc1OCc1ccncc1. The van der Waals surface area contributed by atoms with E-state index in [1.807, 2.05) is 37.3 Å². The van der Waals surface area contributed by atoms with Gasteiger partial charge in [0.15, 0.2) is 16.6 Å². The lowest BCUT2D eigenvalue weighted by atomic mass is 10.1. The summed E-state index contributed by atoms with van der Waals surface area (Å²) in [7, 11) is 1.60. The highest BCUT2D eigenvalue weighted by atomic mass is 32.1. The third-order valence-electron chi connectivity index (χ3n) is 4.37. The molecule has 3 rings (SSSR count). The maximum Gasteiger partial charge on any atom is 0.251 e. The maximum atomic E-state index is 12.3.